The van der Waals surface area contributed by atoms with Crippen LogP contribution in [0, 0.1) is 5.92 Å². The van der Waals surface area contributed by atoms with Crippen molar-refractivity contribution in [3.63, 3.8) is 0 Å². The molecule has 0 unspecified atom stereocenters. The summed E-state index contributed by atoms with van der Waals surface area (Å²) in [5.41, 5.74) is 1.44. The van der Waals surface area contributed by atoms with Crippen molar-refractivity contribution in [2.75, 3.05) is 38.2 Å². The molecule has 0 aliphatic carbocycles. The molecule has 32 heavy (non-hydrogen) atoms. The predicted octanol–water partition coefficient (Wildman–Crippen LogP) is 2.80. The standard InChI is InChI=1S/C23H31N3O5S/c1-4-26(20-11-13-21(30-2)14-12-20)32(28,29)25-15-7-9-19(17-25)23(27)24-16-18-8-5-6-10-22(18)31-3/h5-6,8,10-14,19H,4,7,9,15-17H2,1-3H3,(H,24,27)/t19-/m1/s1. The average molecular weight is 462 g/mol. The van der Waals surface area contributed by atoms with Gasteiger partial charge in [-0.2, -0.15) is 12.7 Å². The molecule has 0 saturated carbocycles. The van der Waals surface area contributed by atoms with Crippen molar-refractivity contribution in [1.29, 1.82) is 0 Å². The minimum Gasteiger partial charge on any atom is -0.497 e. The van der Waals surface area contributed by atoms with Crippen molar-refractivity contribution in [2.45, 2.75) is 26.3 Å². The molecule has 1 heterocycles. The second-order valence-electron chi connectivity index (χ2n) is 7.60. The minimum atomic E-state index is -3.77. The molecule has 8 nitrogen and oxygen atoms in total. The van der Waals surface area contributed by atoms with E-state index in [1.807, 2.05) is 24.3 Å². The molecule has 0 spiro atoms. The van der Waals surface area contributed by atoms with Gasteiger partial charge in [-0.15, -0.1) is 0 Å². The number of benzene rings is 2. The average Bonchev–Trinajstić information content (AvgIpc) is 2.83. The molecule has 1 saturated heterocycles. The van der Waals surface area contributed by atoms with Crippen molar-refractivity contribution >= 4 is 21.8 Å². The van der Waals surface area contributed by atoms with Crippen LogP contribution in [0.3, 0.4) is 0 Å². The zero-order chi connectivity index (χ0) is 23.1. The summed E-state index contributed by atoms with van der Waals surface area (Å²) in [6.45, 7) is 2.97. The van der Waals surface area contributed by atoms with Gasteiger partial charge in [0.1, 0.15) is 11.5 Å². The topological polar surface area (TPSA) is 88.2 Å². The number of hydrogen-bond donors (Lipinski definition) is 1. The third-order valence-electron chi connectivity index (χ3n) is 5.65. The number of para-hydroxylation sites is 1. The number of hydrogen-bond acceptors (Lipinski definition) is 5. The van der Waals surface area contributed by atoms with Crippen LogP contribution in [-0.4, -0.2) is 52.5 Å². The highest BCUT2D eigenvalue weighted by molar-refractivity contribution is 7.90. The Morgan fingerprint density at radius 2 is 1.84 bits per heavy atom. The number of amides is 1. The first kappa shape index (κ1) is 23.9. The van der Waals surface area contributed by atoms with Gasteiger partial charge in [0.2, 0.25) is 5.91 Å². The largest absolute Gasteiger partial charge is 0.497 e. The van der Waals surface area contributed by atoms with Crippen LogP contribution in [-0.2, 0) is 21.5 Å². The molecule has 0 aromatic heterocycles. The Bertz CT molecular complexity index is 1010. The predicted molar refractivity (Wildman–Crippen MR) is 124 cm³/mol. The van der Waals surface area contributed by atoms with Crippen LogP contribution in [0.2, 0.25) is 0 Å². The molecule has 1 aliphatic heterocycles. The SMILES string of the molecule is CCN(c1ccc(OC)cc1)S(=O)(=O)N1CCC[C@@H](C(=O)NCc2ccccc2OC)C1. The third-order valence-corrected chi connectivity index (χ3v) is 7.66. The molecule has 0 radical (unpaired) electrons. The number of anilines is 1. The molecule has 174 valence electrons. The van der Waals surface area contributed by atoms with Gasteiger partial charge in [-0.1, -0.05) is 18.2 Å². The maximum atomic E-state index is 13.4. The molecule has 2 aromatic rings. The summed E-state index contributed by atoms with van der Waals surface area (Å²) in [6.07, 6.45) is 1.28. The van der Waals surface area contributed by atoms with E-state index in [1.165, 1.54) is 8.61 Å². The molecular formula is C23H31N3O5S. The lowest BCUT2D eigenvalue weighted by Gasteiger charge is -2.35. The van der Waals surface area contributed by atoms with Crippen LogP contribution in [0.4, 0.5) is 5.69 Å². The Balaban J connectivity index is 1.68. The number of carbonyl (C=O) groups is 1. The molecule has 1 fully saturated rings. The van der Waals surface area contributed by atoms with Crippen LogP contribution in [0.5, 0.6) is 11.5 Å². The second kappa shape index (κ2) is 10.7. The van der Waals surface area contributed by atoms with E-state index in [9.17, 15) is 13.2 Å². The van der Waals surface area contributed by atoms with Crippen molar-refractivity contribution in [2.24, 2.45) is 5.92 Å². The number of nitrogens with one attached hydrogen (secondary N) is 1. The Hall–Kier alpha value is -2.78. The number of rotatable bonds is 9. The van der Waals surface area contributed by atoms with Crippen LogP contribution in [0.1, 0.15) is 25.3 Å². The first-order valence-electron chi connectivity index (χ1n) is 10.7. The zero-order valence-corrected chi connectivity index (χ0v) is 19.6. The zero-order valence-electron chi connectivity index (χ0n) is 18.8. The molecule has 3 rings (SSSR count). The van der Waals surface area contributed by atoms with Crippen molar-refractivity contribution in [3.05, 3.63) is 54.1 Å². The van der Waals surface area contributed by atoms with Gasteiger partial charge in [-0.3, -0.25) is 9.10 Å². The summed E-state index contributed by atoms with van der Waals surface area (Å²) in [6, 6.07) is 14.4. The van der Waals surface area contributed by atoms with E-state index in [1.54, 1.807) is 45.4 Å². The monoisotopic (exact) mass is 461 g/mol. The summed E-state index contributed by atoms with van der Waals surface area (Å²) in [5.74, 6) is 0.816. The highest BCUT2D eigenvalue weighted by Crippen LogP contribution is 2.27. The van der Waals surface area contributed by atoms with Gasteiger partial charge < -0.3 is 14.8 Å². The maximum absolute atomic E-state index is 13.4. The van der Waals surface area contributed by atoms with Crippen LogP contribution in [0.15, 0.2) is 48.5 Å². The number of carbonyl (C=O) groups excluding carboxylic acids is 1. The fourth-order valence-electron chi connectivity index (χ4n) is 3.91. The van der Waals surface area contributed by atoms with Gasteiger partial charge in [0.05, 0.1) is 25.8 Å². The molecule has 0 bridgehead atoms. The van der Waals surface area contributed by atoms with Gasteiger partial charge in [0.25, 0.3) is 0 Å². The van der Waals surface area contributed by atoms with E-state index < -0.39 is 16.1 Å². The summed E-state index contributed by atoms with van der Waals surface area (Å²) in [5, 5.41) is 2.94. The number of piperidine rings is 1. The van der Waals surface area contributed by atoms with Crippen LogP contribution >= 0.6 is 0 Å². The molecule has 1 amide bonds. The number of methoxy groups -OCH3 is 2. The van der Waals surface area contributed by atoms with Crippen LogP contribution < -0.4 is 19.1 Å². The van der Waals surface area contributed by atoms with Gasteiger partial charge in [-0.25, -0.2) is 0 Å². The van der Waals surface area contributed by atoms with E-state index in [4.69, 9.17) is 9.47 Å². The Morgan fingerprint density at radius 3 is 2.50 bits per heavy atom. The van der Waals surface area contributed by atoms with Crippen LogP contribution in [0.25, 0.3) is 0 Å². The van der Waals surface area contributed by atoms with Gasteiger partial charge in [0.15, 0.2) is 0 Å². The van der Waals surface area contributed by atoms with Crippen molar-refractivity contribution in [3.8, 4) is 11.5 Å². The van der Waals surface area contributed by atoms with E-state index in [0.29, 0.717) is 43.1 Å². The summed E-state index contributed by atoms with van der Waals surface area (Å²) in [4.78, 5) is 12.8. The smallest absolute Gasteiger partial charge is 0.304 e. The van der Waals surface area contributed by atoms with Gasteiger partial charge >= 0.3 is 10.2 Å². The summed E-state index contributed by atoms with van der Waals surface area (Å²) in [7, 11) is -0.609. The minimum absolute atomic E-state index is 0.150. The lowest BCUT2D eigenvalue weighted by molar-refractivity contribution is -0.126. The van der Waals surface area contributed by atoms with Gasteiger partial charge in [0, 0.05) is 31.7 Å². The maximum Gasteiger partial charge on any atom is 0.304 e. The third kappa shape index (κ3) is 5.34. The molecule has 1 atom stereocenters. The molecule has 1 aliphatic rings. The lowest BCUT2D eigenvalue weighted by Crippen LogP contribution is -2.50. The van der Waals surface area contributed by atoms with Crippen molar-refractivity contribution in [1.82, 2.24) is 9.62 Å². The summed E-state index contributed by atoms with van der Waals surface area (Å²) < 4.78 is 40.0. The van der Waals surface area contributed by atoms with E-state index in [2.05, 4.69) is 5.32 Å². The fraction of sp³-hybridized carbons (Fsp3) is 0.435. The fourth-order valence-corrected chi connectivity index (χ4v) is 5.63. The Kier molecular flexibility index (Phi) is 7.98. The Morgan fingerprint density at radius 1 is 1.12 bits per heavy atom. The van der Waals surface area contributed by atoms with E-state index in [-0.39, 0.29) is 19.0 Å². The molecular weight excluding hydrogens is 430 g/mol. The normalized spacial score (nSPS) is 16.9. The first-order chi connectivity index (χ1) is 15.4. The molecule has 1 N–H and O–H groups in total. The first-order valence-corrected chi connectivity index (χ1v) is 12.1. The van der Waals surface area contributed by atoms with E-state index in [0.717, 1.165) is 5.56 Å². The quantitative estimate of drug-likeness (QED) is 0.620. The number of ether oxygens (including phenoxy) is 2. The summed E-state index contributed by atoms with van der Waals surface area (Å²) >= 11 is 0. The highest BCUT2D eigenvalue weighted by atomic mass is 32.2. The van der Waals surface area contributed by atoms with Crippen molar-refractivity contribution < 1.29 is 22.7 Å². The van der Waals surface area contributed by atoms with Gasteiger partial charge in [-0.05, 0) is 50.1 Å². The second-order valence-corrected chi connectivity index (χ2v) is 9.45. The Labute approximate surface area is 190 Å². The lowest BCUT2D eigenvalue weighted by atomic mass is 9.98. The van der Waals surface area contributed by atoms with E-state index >= 15 is 0 Å². The number of nitrogens with zero attached hydrogens (tertiary/aromatic N) is 2. The molecule has 2 aromatic carbocycles. The highest BCUT2D eigenvalue weighted by Gasteiger charge is 2.35. The molecule has 9 heteroatoms.